The topological polar surface area (TPSA) is 44.5 Å². The standard InChI is InChI=1S/C19H22FNO2/c20-16-4-1-3-14(9-16)12-22-13-15-7-8-19(10-15)23-18-6-2-5-17(21)11-18/h1-6,9,11,15,19H,7-8,10,12-13,21H2/t15-,19-/m0/s1. The fourth-order valence-corrected chi connectivity index (χ4v) is 3.04. The molecule has 0 radical (unpaired) electrons. The lowest BCUT2D eigenvalue weighted by atomic mass is 10.1. The maximum absolute atomic E-state index is 13.1. The van der Waals surface area contributed by atoms with Crippen molar-refractivity contribution < 1.29 is 13.9 Å². The number of ether oxygens (including phenoxy) is 2. The summed E-state index contributed by atoms with van der Waals surface area (Å²) in [4.78, 5) is 0. The Balaban J connectivity index is 1.41. The zero-order chi connectivity index (χ0) is 16.1. The molecule has 122 valence electrons. The number of hydrogen-bond acceptors (Lipinski definition) is 3. The van der Waals surface area contributed by atoms with Gasteiger partial charge < -0.3 is 15.2 Å². The van der Waals surface area contributed by atoms with Gasteiger partial charge in [0.15, 0.2) is 0 Å². The van der Waals surface area contributed by atoms with Crippen LogP contribution < -0.4 is 10.5 Å². The van der Waals surface area contributed by atoms with Gasteiger partial charge in [0.2, 0.25) is 0 Å². The summed E-state index contributed by atoms with van der Waals surface area (Å²) >= 11 is 0. The van der Waals surface area contributed by atoms with E-state index in [-0.39, 0.29) is 11.9 Å². The van der Waals surface area contributed by atoms with Crippen molar-refractivity contribution in [3.8, 4) is 5.75 Å². The Bertz CT molecular complexity index is 647. The predicted octanol–water partition coefficient (Wildman–Crippen LogP) is 4.17. The van der Waals surface area contributed by atoms with Crippen LogP contribution in [-0.2, 0) is 11.3 Å². The van der Waals surface area contributed by atoms with Gasteiger partial charge in [-0.05, 0) is 55.0 Å². The number of nitrogen functional groups attached to an aromatic ring is 1. The molecular formula is C19H22FNO2. The van der Waals surface area contributed by atoms with Crippen molar-refractivity contribution in [3.63, 3.8) is 0 Å². The highest BCUT2D eigenvalue weighted by Crippen LogP contribution is 2.30. The molecule has 0 aromatic heterocycles. The monoisotopic (exact) mass is 315 g/mol. The van der Waals surface area contributed by atoms with Crippen LogP contribution in [0.3, 0.4) is 0 Å². The lowest BCUT2D eigenvalue weighted by Gasteiger charge is -2.15. The maximum Gasteiger partial charge on any atom is 0.123 e. The average molecular weight is 315 g/mol. The van der Waals surface area contributed by atoms with Gasteiger partial charge in [-0.15, -0.1) is 0 Å². The minimum Gasteiger partial charge on any atom is -0.490 e. The van der Waals surface area contributed by atoms with Crippen molar-refractivity contribution in [1.82, 2.24) is 0 Å². The Labute approximate surface area is 136 Å². The second kappa shape index (κ2) is 7.47. The van der Waals surface area contributed by atoms with Crippen LogP contribution in [0.2, 0.25) is 0 Å². The van der Waals surface area contributed by atoms with Gasteiger partial charge in [0.05, 0.1) is 12.7 Å². The minimum atomic E-state index is -0.220. The molecule has 2 aromatic carbocycles. The summed E-state index contributed by atoms with van der Waals surface area (Å²) in [5.41, 5.74) is 7.35. The third-order valence-corrected chi connectivity index (χ3v) is 4.17. The van der Waals surface area contributed by atoms with Crippen molar-refractivity contribution in [3.05, 3.63) is 59.9 Å². The highest BCUT2D eigenvalue weighted by atomic mass is 19.1. The van der Waals surface area contributed by atoms with E-state index in [1.54, 1.807) is 6.07 Å². The van der Waals surface area contributed by atoms with E-state index in [0.717, 1.165) is 36.3 Å². The summed E-state index contributed by atoms with van der Waals surface area (Å²) in [5.74, 6) is 1.11. The number of halogens is 1. The number of rotatable bonds is 6. The minimum absolute atomic E-state index is 0.220. The van der Waals surface area contributed by atoms with Gasteiger partial charge in [-0.3, -0.25) is 0 Å². The normalized spacial score (nSPS) is 20.6. The number of benzene rings is 2. The summed E-state index contributed by atoms with van der Waals surface area (Å²) in [5, 5.41) is 0. The van der Waals surface area contributed by atoms with Gasteiger partial charge in [-0.25, -0.2) is 4.39 Å². The number of nitrogens with two attached hydrogens (primary N) is 1. The molecule has 0 bridgehead atoms. The molecule has 0 spiro atoms. The molecule has 2 atom stereocenters. The molecule has 0 saturated heterocycles. The Morgan fingerprint density at radius 3 is 2.78 bits per heavy atom. The molecule has 2 aromatic rings. The van der Waals surface area contributed by atoms with Crippen molar-refractivity contribution >= 4 is 5.69 Å². The van der Waals surface area contributed by atoms with E-state index < -0.39 is 0 Å². The van der Waals surface area contributed by atoms with Crippen molar-refractivity contribution in [1.29, 1.82) is 0 Å². The number of hydrogen-bond donors (Lipinski definition) is 1. The zero-order valence-corrected chi connectivity index (χ0v) is 13.1. The fourth-order valence-electron chi connectivity index (χ4n) is 3.04. The van der Waals surface area contributed by atoms with E-state index in [2.05, 4.69) is 0 Å². The number of anilines is 1. The largest absolute Gasteiger partial charge is 0.490 e. The van der Waals surface area contributed by atoms with Crippen molar-refractivity contribution in [2.24, 2.45) is 5.92 Å². The molecule has 0 aliphatic heterocycles. The van der Waals surface area contributed by atoms with E-state index in [1.165, 1.54) is 12.1 Å². The molecule has 2 N–H and O–H groups in total. The first kappa shape index (κ1) is 15.8. The van der Waals surface area contributed by atoms with Gasteiger partial charge in [0.25, 0.3) is 0 Å². The molecule has 1 aliphatic rings. The first-order valence-electron chi connectivity index (χ1n) is 8.03. The predicted molar refractivity (Wildman–Crippen MR) is 88.7 cm³/mol. The van der Waals surface area contributed by atoms with Crippen LogP contribution in [0.15, 0.2) is 48.5 Å². The second-order valence-electron chi connectivity index (χ2n) is 6.14. The molecule has 3 rings (SSSR count). The molecule has 3 nitrogen and oxygen atoms in total. The molecule has 1 aliphatic carbocycles. The van der Waals surface area contributed by atoms with E-state index in [4.69, 9.17) is 15.2 Å². The quantitative estimate of drug-likeness (QED) is 0.814. The lowest BCUT2D eigenvalue weighted by Crippen LogP contribution is -2.14. The van der Waals surface area contributed by atoms with Crippen LogP contribution in [-0.4, -0.2) is 12.7 Å². The van der Waals surface area contributed by atoms with Gasteiger partial charge in [0.1, 0.15) is 11.6 Å². The molecule has 0 amide bonds. The highest BCUT2D eigenvalue weighted by Gasteiger charge is 2.26. The second-order valence-corrected chi connectivity index (χ2v) is 6.14. The first-order chi connectivity index (χ1) is 11.2. The summed E-state index contributed by atoms with van der Waals surface area (Å²) in [7, 11) is 0. The smallest absolute Gasteiger partial charge is 0.123 e. The van der Waals surface area contributed by atoms with Crippen LogP contribution in [0.5, 0.6) is 5.75 Å². The molecular weight excluding hydrogens is 293 g/mol. The van der Waals surface area contributed by atoms with Crippen LogP contribution >= 0.6 is 0 Å². The van der Waals surface area contributed by atoms with Crippen LogP contribution in [0.4, 0.5) is 10.1 Å². The Morgan fingerprint density at radius 2 is 1.96 bits per heavy atom. The van der Waals surface area contributed by atoms with Crippen LogP contribution in [0.25, 0.3) is 0 Å². The summed E-state index contributed by atoms with van der Waals surface area (Å²) < 4.78 is 24.8. The van der Waals surface area contributed by atoms with Gasteiger partial charge in [0, 0.05) is 18.4 Å². The van der Waals surface area contributed by atoms with E-state index in [0.29, 0.717) is 19.1 Å². The molecule has 0 heterocycles. The first-order valence-corrected chi connectivity index (χ1v) is 8.03. The van der Waals surface area contributed by atoms with Gasteiger partial charge in [-0.2, -0.15) is 0 Å². The van der Waals surface area contributed by atoms with Gasteiger partial charge >= 0.3 is 0 Å². The van der Waals surface area contributed by atoms with E-state index in [9.17, 15) is 4.39 Å². The summed E-state index contributed by atoms with van der Waals surface area (Å²) in [6.07, 6.45) is 3.33. The van der Waals surface area contributed by atoms with E-state index >= 15 is 0 Å². The third kappa shape index (κ3) is 4.70. The lowest BCUT2D eigenvalue weighted by molar-refractivity contribution is 0.0838. The van der Waals surface area contributed by atoms with Gasteiger partial charge in [-0.1, -0.05) is 18.2 Å². The third-order valence-electron chi connectivity index (χ3n) is 4.17. The Hall–Kier alpha value is -2.07. The molecule has 23 heavy (non-hydrogen) atoms. The molecule has 1 saturated carbocycles. The Morgan fingerprint density at radius 1 is 1.09 bits per heavy atom. The fraction of sp³-hybridized carbons (Fsp3) is 0.368. The van der Waals surface area contributed by atoms with Crippen LogP contribution in [0, 0.1) is 11.7 Å². The molecule has 4 heteroatoms. The van der Waals surface area contributed by atoms with Crippen molar-refractivity contribution in [2.75, 3.05) is 12.3 Å². The molecule has 0 unspecified atom stereocenters. The average Bonchev–Trinajstić information content (AvgIpc) is 2.95. The Kier molecular flexibility index (Phi) is 5.13. The van der Waals surface area contributed by atoms with Crippen LogP contribution in [0.1, 0.15) is 24.8 Å². The van der Waals surface area contributed by atoms with Crippen molar-refractivity contribution in [2.45, 2.75) is 32.0 Å². The maximum atomic E-state index is 13.1. The summed E-state index contributed by atoms with van der Waals surface area (Å²) in [6.45, 7) is 1.14. The SMILES string of the molecule is Nc1cccc(O[C@H]2CC[C@H](COCc3cccc(F)c3)C2)c1. The summed E-state index contributed by atoms with van der Waals surface area (Å²) in [6, 6.07) is 14.1. The highest BCUT2D eigenvalue weighted by molar-refractivity contribution is 5.43. The molecule has 1 fully saturated rings. The van der Waals surface area contributed by atoms with E-state index in [1.807, 2.05) is 30.3 Å². The zero-order valence-electron chi connectivity index (χ0n) is 13.1.